The fraction of sp³-hybridized carbons (Fsp3) is 0.100. The summed E-state index contributed by atoms with van der Waals surface area (Å²) in [4.78, 5) is 16.3. The van der Waals surface area contributed by atoms with E-state index in [-0.39, 0.29) is 6.03 Å². The van der Waals surface area contributed by atoms with Crippen molar-refractivity contribution < 1.29 is 9.53 Å². The molecule has 0 atom stereocenters. The van der Waals surface area contributed by atoms with Gasteiger partial charge in [0, 0.05) is 5.69 Å². The number of pyridine rings is 1. The normalized spacial score (nSPS) is 10.0. The molecule has 3 aromatic rings. The first-order valence-corrected chi connectivity index (χ1v) is 8.32. The zero-order chi connectivity index (χ0) is 18.2. The molecule has 0 radical (unpaired) electrons. The third-order valence-electron chi connectivity index (χ3n) is 3.50. The summed E-state index contributed by atoms with van der Waals surface area (Å²) in [6.45, 7) is 2.53. The topological polar surface area (TPSA) is 75.3 Å². The van der Waals surface area contributed by atoms with Crippen molar-refractivity contribution in [2.45, 2.75) is 6.92 Å². The molecule has 1 aromatic heterocycles. The van der Waals surface area contributed by atoms with Crippen LogP contribution in [0.1, 0.15) is 6.92 Å². The van der Waals surface area contributed by atoms with Gasteiger partial charge in [0.2, 0.25) is 0 Å². The van der Waals surface area contributed by atoms with Gasteiger partial charge in [-0.2, -0.15) is 0 Å². The molecule has 0 fully saturated rings. The zero-order valence-corrected chi connectivity index (χ0v) is 14.4. The standard InChI is InChI=1S/C20H20N4O2/c1-2-26-18-11-7-6-10-17(18)24-19-13-12-16(14-21-19)23-20(25)22-15-8-4-3-5-9-15/h3-14H,2H2,1H3,(H,21,24)(H2,22,23,25). The van der Waals surface area contributed by atoms with E-state index < -0.39 is 0 Å². The summed E-state index contributed by atoms with van der Waals surface area (Å²) < 4.78 is 5.59. The molecule has 0 saturated carbocycles. The Labute approximate surface area is 152 Å². The van der Waals surface area contributed by atoms with Gasteiger partial charge in [-0.05, 0) is 43.3 Å². The van der Waals surface area contributed by atoms with E-state index in [4.69, 9.17) is 4.74 Å². The third-order valence-corrected chi connectivity index (χ3v) is 3.50. The highest BCUT2D eigenvalue weighted by Crippen LogP contribution is 2.26. The van der Waals surface area contributed by atoms with Crippen LogP contribution in [-0.4, -0.2) is 17.6 Å². The molecule has 0 saturated heterocycles. The molecule has 2 aromatic carbocycles. The summed E-state index contributed by atoms with van der Waals surface area (Å²) in [6, 6.07) is 20.2. The van der Waals surface area contributed by atoms with Crippen LogP contribution in [0.2, 0.25) is 0 Å². The average molecular weight is 348 g/mol. The van der Waals surface area contributed by atoms with Crippen molar-refractivity contribution in [2.24, 2.45) is 0 Å². The lowest BCUT2D eigenvalue weighted by molar-refractivity contribution is 0.262. The van der Waals surface area contributed by atoms with Gasteiger partial charge in [0.25, 0.3) is 0 Å². The van der Waals surface area contributed by atoms with E-state index in [9.17, 15) is 4.79 Å². The number of para-hydroxylation sites is 3. The lowest BCUT2D eigenvalue weighted by Gasteiger charge is -2.12. The van der Waals surface area contributed by atoms with E-state index in [1.54, 1.807) is 18.3 Å². The molecule has 6 heteroatoms. The SMILES string of the molecule is CCOc1ccccc1Nc1ccc(NC(=O)Nc2ccccc2)cn1. The number of carbonyl (C=O) groups is 1. The highest BCUT2D eigenvalue weighted by molar-refractivity contribution is 5.99. The fourth-order valence-corrected chi connectivity index (χ4v) is 2.35. The molecule has 6 nitrogen and oxygen atoms in total. The largest absolute Gasteiger partial charge is 0.492 e. The predicted molar refractivity (Wildman–Crippen MR) is 104 cm³/mol. The second-order valence-corrected chi connectivity index (χ2v) is 5.43. The Kier molecular flexibility index (Phi) is 5.67. The van der Waals surface area contributed by atoms with E-state index in [0.29, 0.717) is 18.1 Å². The molecule has 132 valence electrons. The molecule has 0 bridgehead atoms. The maximum Gasteiger partial charge on any atom is 0.323 e. The van der Waals surface area contributed by atoms with E-state index in [1.165, 1.54) is 0 Å². The Morgan fingerprint density at radius 2 is 1.65 bits per heavy atom. The van der Waals surface area contributed by atoms with Crippen molar-refractivity contribution >= 4 is 28.9 Å². The minimum Gasteiger partial charge on any atom is -0.492 e. The minimum atomic E-state index is -0.319. The van der Waals surface area contributed by atoms with Crippen LogP contribution in [0.3, 0.4) is 0 Å². The van der Waals surface area contributed by atoms with Crippen LogP contribution in [0.15, 0.2) is 72.9 Å². The summed E-state index contributed by atoms with van der Waals surface area (Å²) >= 11 is 0. The first-order valence-electron chi connectivity index (χ1n) is 8.32. The van der Waals surface area contributed by atoms with E-state index >= 15 is 0 Å². The third kappa shape index (κ3) is 4.73. The number of aromatic nitrogens is 1. The summed E-state index contributed by atoms with van der Waals surface area (Å²) in [6.07, 6.45) is 1.59. The van der Waals surface area contributed by atoms with Gasteiger partial charge in [-0.15, -0.1) is 0 Å². The van der Waals surface area contributed by atoms with Gasteiger partial charge in [0.15, 0.2) is 0 Å². The molecule has 0 spiro atoms. The van der Waals surface area contributed by atoms with Gasteiger partial charge in [-0.1, -0.05) is 30.3 Å². The number of nitrogens with one attached hydrogen (secondary N) is 3. The molecule has 0 aliphatic carbocycles. The minimum absolute atomic E-state index is 0.319. The van der Waals surface area contributed by atoms with Gasteiger partial charge in [0.1, 0.15) is 11.6 Å². The Hall–Kier alpha value is -3.54. The van der Waals surface area contributed by atoms with Gasteiger partial charge >= 0.3 is 6.03 Å². The molecule has 3 rings (SSSR count). The number of rotatable bonds is 6. The zero-order valence-electron chi connectivity index (χ0n) is 14.4. The van der Waals surface area contributed by atoms with Gasteiger partial charge in [0.05, 0.1) is 24.2 Å². The summed E-state index contributed by atoms with van der Waals surface area (Å²) in [5, 5.41) is 8.72. The number of ether oxygens (including phenoxy) is 1. The second kappa shape index (κ2) is 8.53. The lowest BCUT2D eigenvalue weighted by Crippen LogP contribution is -2.19. The summed E-state index contributed by atoms with van der Waals surface area (Å²) in [5.41, 5.74) is 2.16. The number of nitrogens with zero attached hydrogens (tertiary/aromatic N) is 1. The molecular formula is C20H20N4O2. The summed E-state index contributed by atoms with van der Waals surface area (Å²) in [7, 11) is 0. The van der Waals surface area contributed by atoms with E-state index in [2.05, 4.69) is 20.9 Å². The Bertz CT molecular complexity index is 851. The van der Waals surface area contributed by atoms with Gasteiger partial charge in [-0.3, -0.25) is 0 Å². The molecule has 0 aliphatic rings. The first-order chi connectivity index (χ1) is 12.7. The van der Waals surface area contributed by atoms with Crippen LogP contribution in [0.5, 0.6) is 5.75 Å². The van der Waals surface area contributed by atoms with Crippen molar-refractivity contribution in [1.29, 1.82) is 0 Å². The molecular weight excluding hydrogens is 328 g/mol. The van der Waals surface area contributed by atoms with Crippen LogP contribution in [0.25, 0.3) is 0 Å². The van der Waals surface area contributed by atoms with Crippen LogP contribution in [0.4, 0.5) is 27.7 Å². The van der Waals surface area contributed by atoms with Crippen molar-refractivity contribution in [2.75, 3.05) is 22.6 Å². The number of hydrogen-bond acceptors (Lipinski definition) is 4. The Morgan fingerprint density at radius 3 is 2.38 bits per heavy atom. The fourth-order valence-electron chi connectivity index (χ4n) is 2.35. The van der Waals surface area contributed by atoms with Crippen molar-refractivity contribution in [3.8, 4) is 5.75 Å². The molecule has 3 N–H and O–H groups in total. The Morgan fingerprint density at radius 1 is 0.923 bits per heavy atom. The summed E-state index contributed by atoms with van der Waals surface area (Å²) in [5.74, 6) is 1.42. The first kappa shape index (κ1) is 17.3. The number of anilines is 4. The number of benzene rings is 2. The van der Waals surface area contributed by atoms with Gasteiger partial charge in [-0.25, -0.2) is 9.78 Å². The maximum atomic E-state index is 12.0. The van der Waals surface area contributed by atoms with E-state index in [1.807, 2.05) is 61.5 Å². The molecule has 2 amide bonds. The predicted octanol–water partition coefficient (Wildman–Crippen LogP) is 4.87. The van der Waals surface area contributed by atoms with Crippen LogP contribution >= 0.6 is 0 Å². The second-order valence-electron chi connectivity index (χ2n) is 5.43. The number of amides is 2. The Balaban J connectivity index is 1.61. The van der Waals surface area contributed by atoms with Gasteiger partial charge < -0.3 is 20.7 Å². The number of carbonyl (C=O) groups excluding carboxylic acids is 1. The smallest absolute Gasteiger partial charge is 0.323 e. The van der Waals surface area contributed by atoms with Crippen LogP contribution < -0.4 is 20.7 Å². The molecule has 0 aliphatic heterocycles. The van der Waals surface area contributed by atoms with Crippen molar-refractivity contribution in [1.82, 2.24) is 4.98 Å². The average Bonchev–Trinajstić information content (AvgIpc) is 2.66. The highest BCUT2D eigenvalue weighted by atomic mass is 16.5. The quantitative estimate of drug-likeness (QED) is 0.594. The highest BCUT2D eigenvalue weighted by Gasteiger charge is 2.05. The monoisotopic (exact) mass is 348 g/mol. The van der Waals surface area contributed by atoms with Crippen LogP contribution in [-0.2, 0) is 0 Å². The van der Waals surface area contributed by atoms with Crippen molar-refractivity contribution in [3.63, 3.8) is 0 Å². The molecule has 26 heavy (non-hydrogen) atoms. The number of hydrogen-bond donors (Lipinski definition) is 3. The maximum absolute atomic E-state index is 12.0. The van der Waals surface area contributed by atoms with E-state index in [0.717, 1.165) is 17.1 Å². The van der Waals surface area contributed by atoms with Crippen molar-refractivity contribution in [3.05, 3.63) is 72.9 Å². The van der Waals surface area contributed by atoms with Crippen LogP contribution in [0, 0.1) is 0 Å². The lowest BCUT2D eigenvalue weighted by atomic mass is 10.3. The molecule has 1 heterocycles. The number of urea groups is 1. The molecule has 0 unspecified atom stereocenters.